The first-order valence-electron chi connectivity index (χ1n) is 17.3. The van der Waals surface area contributed by atoms with Crippen LogP contribution in [0, 0.1) is 0 Å². The molecule has 1 aliphatic carbocycles. The number of alkyl halides is 1. The first-order valence-corrected chi connectivity index (χ1v) is 17.3. The van der Waals surface area contributed by atoms with Gasteiger partial charge in [-0.05, 0) is 37.3 Å². The van der Waals surface area contributed by atoms with Crippen LogP contribution in [-0.4, -0.2) is 94.0 Å². The Labute approximate surface area is 294 Å². The number of nitrogen functional groups attached to an aromatic ring is 1. The molecule has 8 rings (SSSR count). The number of rotatable bonds is 10. The number of hydrogen-bond donors (Lipinski definition) is 4. The molecule has 4 aromatic heterocycles. The van der Waals surface area contributed by atoms with Gasteiger partial charge in [0.25, 0.3) is 5.91 Å². The van der Waals surface area contributed by atoms with Gasteiger partial charge in [0.1, 0.15) is 12.2 Å². The zero-order chi connectivity index (χ0) is 36.3. The Bertz CT molecular complexity index is 2320. The number of aromatic nitrogens is 7. The third-order valence-electron chi connectivity index (χ3n) is 10.1. The highest BCUT2D eigenvalue weighted by Crippen LogP contribution is 2.31. The molecule has 3 atom stereocenters. The van der Waals surface area contributed by atoms with Crippen molar-refractivity contribution in [3.05, 3.63) is 64.7 Å². The average Bonchev–Trinajstić information content (AvgIpc) is 3.43. The van der Waals surface area contributed by atoms with Crippen molar-refractivity contribution >= 4 is 46.1 Å². The van der Waals surface area contributed by atoms with Crippen molar-refractivity contribution in [2.75, 3.05) is 25.4 Å². The molecule has 0 bridgehead atoms. The topological polar surface area (TPSA) is 209 Å². The summed E-state index contributed by atoms with van der Waals surface area (Å²) in [6.45, 7) is 1.46. The number of urea groups is 1. The van der Waals surface area contributed by atoms with E-state index in [2.05, 4.69) is 31.1 Å². The summed E-state index contributed by atoms with van der Waals surface area (Å²) in [4.78, 5) is 68.7. The molecule has 17 nitrogen and oxygen atoms in total. The maximum atomic E-state index is 13.3. The number of para-hydroxylation sites is 1. The summed E-state index contributed by atoms with van der Waals surface area (Å²) in [5, 5.41) is 16.8. The Morgan fingerprint density at radius 1 is 1.10 bits per heavy atom. The van der Waals surface area contributed by atoms with Gasteiger partial charge in [-0.2, -0.15) is 10.2 Å². The zero-order valence-corrected chi connectivity index (χ0v) is 28.3. The highest BCUT2D eigenvalue weighted by atomic mass is 19.1. The molecule has 2 aliphatic heterocycles. The molecule has 3 fully saturated rings. The fourth-order valence-electron chi connectivity index (χ4n) is 7.06. The number of nitrogens with one attached hydrogen (secondary N) is 3. The number of halogens is 1. The van der Waals surface area contributed by atoms with Crippen LogP contribution in [0.15, 0.2) is 47.8 Å². The second-order valence-corrected chi connectivity index (χ2v) is 13.6. The summed E-state index contributed by atoms with van der Waals surface area (Å²) in [5.41, 5.74) is 10.6. The molecular weight excluding hydrogens is 675 g/mol. The Morgan fingerprint density at radius 2 is 1.90 bits per heavy atom. The van der Waals surface area contributed by atoms with E-state index in [1.807, 2.05) is 24.4 Å². The molecule has 6 heterocycles. The Hall–Kier alpha value is -6.07. The lowest BCUT2D eigenvalue weighted by atomic mass is 10.0. The number of aryl methyl sites for hydroxylation is 2. The van der Waals surface area contributed by atoms with Crippen LogP contribution in [0.25, 0.3) is 27.8 Å². The van der Waals surface area contributed by atoms with Crippen LogP contribution in [0.1, 0.15) is 60.2 Å². The predicted octanol–water partition coefficient (Wildman–Crippen LogP) is 1.24. The zero-order valence-electron chi connectivity index (χ0n) is 28.3. The number of hydrogen-bond acceptors (Lipinski definition) is 9. The second kappa shape index (κ2) is 12.9. The van der Waals surface area contributed by atoms with Crippen molar-refractivity contribution in [2.24, 2.45) is 7.05 Å². The average molecular weight is 713 g/mol. The van der Waals surface area contributed by atoms with E-state index in [0.29, 0.717) is 60.5 Å². The van der Waals surface area contributed by atoms with Gasteiger partial charge in [-0.3, -0.25) is 33.5 Å². The van der Waals surface area contributed by atoms with Crippen molar-refractivity contribution in [1.29, 1.82) is 0 Å². The van der Waals surface area contributed by atoms with Gasteiger partial charge in [-0.1, -0.05) is 12.1 Å². The molecule has 18 heteroatoms. The Balaban J connectivity index is 0.824. The molecule has 270 valence electrons. The van der Waals surface area contributed by atoms with Crippen LogP contribution in [0.4, 0.5) is 14.9 Å². The third kappa shape index (κ3) is 5.82. The first-order chi connectivity index (χ1) is 25.1. The van der Waals surface area contributed by atoms with E-state index in [1.54, 1.807) is 27.4 Å². The third-order valence-corrected chi connectivity index (χ3v) is 10.1. The van der Waals surface area contributed by atoms with Crippen LogP contribution in [0.2, 0.25) is 0 Å². The number of imidazole rings is 2. The number of benzene rings is 1. The Kier molecular flexibility index (Phi) is 8.22. The van der Waals surface area contributed by atoms with Gasteiger partial charge in [0, 0.05) is 56.8 Å². The monoisotopic (exact) mass is 712 g/mol. The smallest absolute Gasteiger partial charge is 0.329 e. The number of likely N-dealkylation sites (tertiary alicyclic amines) is 1. The second-order valence-electron chi connectivity index (χ2n) is 13.6. The molecule has 1 aromatic carbocycles. The summed E-state index contributed by atoms with van der Waals surface area (Å²) in [5.74, 6) is -1.26. The van der Waals surface area contributed by atoms with E-state index in [9.17, 15) is 28.4 Å². The lowest BCUT2D eigenvalue weighted by Crippen LogP contribution is -2.54. The van der Waals surface area contributed by atoms with E-state index in [-0.39, 0.29) is 42.2 Å². The minimum atomic E-state index is -1.03. The van der Waals surface area contributed by atoms with E-state index < -0.39 is 30.1 Å². The van der Waals surface area contributed by atoms with Crippen molar-refractivity contribution in [3.8, 4) is 11.1 Å². The number of amides is 5. The van der Waals surface area contributed by atoms with Crippen LogP contribution in [0.5, 0.6) is 0 Å². The number of nitrogens with two attached hydrogens (primary N) is 1. The number of carbonyl (C=O) groups excluding carboxylic acids is 4. The number of piperidine rings is 1. The Morgan fingerprint density at radius 3 is 2.67 bits per heavy atom. The van der Waals surface area contributed by atoms with E-state index in [1.165, 1.54) is 21.5 Å². The molecule has 5 aromatic rings. The highest BCUT2D eigenvalue weighted by molar-refractivity contribution is 6.00. The maximum absolute atomic E-state index is 13.3. The SMILES string of the molecule is Cn1c(=O)n(C2CCC(=O)NC2=O)c2cccc(CCCCNC(=O)N3CC(n4cc(-c5cnn6c(C(=O)N[C@@H]7C[C@@H]7F)cnc6c5N)cn4)C3)c21. The van der Waals surface area contributed by atoms with Gasteiger partial charge in [-0.15, -0.1) is 0 Å². The van der Waals surface area contributed by atoms with Crippen LogP contribution >= 0.6 is 0 Å². The number of unbranched alkanes of at least 4 members (excludes halogenated alkanes) is 1. The number of imide groups is 1. The summed E-state index contributed by atoms with van der Waals surface area (Å²) < 4.78 is 19.4. The number of anilines is 1. The van der Waals surface area contributed by atoms with Crippen LogP contribution in [-0.2, 0) is 23.1 Å². The fourth-order valence-corrected chi connectivity index (χ4v) is 7.06. The van der Waals surface area contributed by atoms with Gasteiger partial charge >= 0.3 is 11.7 Å². The normalized spacial score (nSPS) is 20.3. The van der Waals surface area contributed by atoms with Crippen molar-refractivity contribution in [1.82, 2.24) is 54.4 Å². The first kappa shape index (κ1) is 33.1. The largest absolute Gasteiger partial charge is 0.395 e. The molecule has 1 saturated carbocycles. The lowest BCUT2D eigenvalue weighted by Gasteiger charge is -2.39. The van der Waals surface area contributed by atoms with E-state index in [4.69, 9.17) is 5.73 Å². The highest BCUT2D eigenvalue weighted by Gasteiger charge is 2.39. The summed E-state index contributed by atoms with van der Waals surface area (Å²) >= 11 is 0. The molecule has 5 N–H and O–H groups in total. The van der Waals surface area contributed by atoms with Gasteiger partial charge in [0.05, 0.1) is 47.4 Å². The minimum absolute atomic E-state index is 0.0134. The molecule has 52 heavy (non-hydrogen) atoms. The quantitative estimate of drug-likeness (QED) is 0.121. The summed E-state index contributed by atoms with van der Waals surface area (Å²) in [6, 6.07) is 4.26. The number of nitrogens with zero attached hydrogens (tertiary/aromatic N) is 8. The molecule has 5 amide bonds. The number of carbonyl (C=O) groups is 4. The standard InChI is InChI=1S/C34H37FN12O5/c1-43-29-18(6-4-7-24(29)46(34(43)52)25-8-9-27(48)42-31(25)49)5-2-3-10-37-33(51)44-16-20(17-44)45-15-19(12-39-45)21-13-40-47-26(14-38-30(47)28(21)36)32(50)41-23-11-22(23)35/h4,6-7,12-15,20,22-23,25H,2-3,5,8-11,16-17,36H2,1H3,(H,37,51)(H,41,50)(H,42,48,49)/t22-,23+,25?/m0/s1. The molecule has 0 spiro atoms. The molecule has 1 unspecified atom stereocenters. The predicted molar refractivity (Wildman–Crippen MR) is 185 cm³/mol. The van der Waals surface area contributed by atoms with E-state index in [0.717, 1.165) is 23.9 Å². The van der Waals surface area contributed by atoms with Crippen LogP contribution < -0.4 is 27.4 Å². The fraction of sp³-hybridized carbons (Fsp3) is 0.412. The van der Waals surface area contributed by atoms with Gasteiger partial charge < -0.3 is 21.3 Å². The lowest BCUT2D eigenvalue weighted by molar-refractivity contribution is -0.135. The molecule has 0 radical (unpaired) electrons. The molecular formula is C34H37FN12O5. The van der Waals surface area contributed by atoms with Gasteiger partial charge in [-0.25, -0.2) is 23.5 Å². The van der Waals surface area contributed by atoms with Crippen molar-refractivity contribution < 1.29 is 23.6 Å². The van der Waals surface area contributed by atoms with Gasteiger partial charge in [0.15, 0.2) is 11.3 Å². The minimum Gasteiger partial charge on any atom is -0.395 e. The maximum Gasteiger partial charge on any atom is 0.329 e. The molecule has 2 saturated heterocycles. The van der Waals surface area contributed by atoms with Crippen LogP contribution in [0.3, 0.4) is 0 Å². The molecule has 3 aliphatic rings. The van der Waals surface area contributed by atoms with Crippen molar-refractivity contribution in [3.63, 3.8) is 0 Å². The van der Waals surface area contributed by atoms with E-state index >= 15 is 0 Å². The van der Waals surface area contributed by atoms with Crippen molar-refractivity contribution in [2.45, 2.75) is 62.8 Å². The summed E-state index contributed by atoms with van der Waals surface area (Å²) in [7, 11) is 1.69. The number of fused-ring (bicyclic) bond motifs is 2. The summed E-state index contributed by atoms with van der Waals surface area (Å²) in [6.07, 6.45) is 8.32. The van der Waals surface area contributed by atoms with Gasteiger partial charge in [0.2, 0.25) is 11.8 Å².